The molecule has 13 heavy (non-hydrogen) atoms. The summed E-state index contributed by atoms with van der Waals surface area (Å²) in [6.45, 7) is 1.93. The van der Waals surface area contributed by atoms with Gasteiger partial charge in [-0.15, -0.1) is 0 Å². The van der Waals surface area contributed by atoms with Crippen LogP contribution in [0.4, 0.5) is 0 Å². The molecule has 1 rings (SSSR count). The highest BCUT2D eigenvalue weighted by atomic mass is 16.6. The summed E-state index contributed by atoms with van der Waals surface area (Å²) in [6.07, 6.45) is 0.340. The van der Waals surface area contributed by atoms with Gasteiger partial charge in [0, 0.05) is 20.5 Å². The van der Waals surface area contributed by atoms with E-state index in [4.69, 9.17) is 4.74 Å². The molecule has 1 saturated heterocycles. The fourth-order valence-electron chi connectivity index (χ4n) is 1.19. The second-order valence-corrected chi connectivity index (χ2v) is 3.43. The second-order valence-electron chi connectivity index (χ2n) is 3.43. The number of rotatable bonds is 4. The highest BCUT2D eigenvalue weighted by Gasteiger charge is 2.49. The van der Waals surface area contributed by atoms with Gasteiger partial charge in [0.15, 0.2) is 18.0 Å². The standard InChI is InChI=1S/C9H15NO3/c1-4-5-6(11)7-8(13-7)9(12)10(2)3/h7-8H,4-5H2,1-3H3. The lowest BCUT2D eigenvalue weighted by molar-refractivity contribution is -0.130. The summed E-state index contributed by atoms with van der Waals surface area (Å²) in [5.74, 6) is -0.0721. The number of amides is 1. The smallest absolute Gasteiger partial charge is 0.254 e. The summed E-state index contributed by atoms with van der Waals surface area (Å²) in [5.41, 5.74) is 0. The van der Waals surface area contributed by atoms with Crippen molar-refractivity contribution >= 4 is 11.7 Å². The highest BCUT2D eigenvalue weighted by molar-refractivity contribution is 5.95. The van der Waals surface area contributed by atoms with Crippen LogP contribution < -0.4 is 0 Å². The van der Waals surface area contributed by atoms with Crippen molar-refractivity contribution < 1.29 is 14.3 Å². The Bertz CT molecular complexity index is 225. The van der Waals surface area contributed by atoms with Gasteiger partial charge in [-0.25, -0.2) is 0 Å². The van der Waals surface area contributed by atoms with Crippen LogP contribution in [0.5, 0.6) is 0 Å². The van der Waals surface area contributed by atoms with Gasteiger partial charge in [-0.2, -0.15) is 0 Å². The van der Waals surface area contributed by atoms with E-state index in [1.807, 2.05) is 6.92 Å². The Kier molecular flexibility index (Phi) is 3.03. The Hall–Kier alpha value is -0.900. The molecule has 1 aliphatic rings. The first-order valence-electron chi connectivity index (χ1n) is 4.47. The Balaban J connectivity index is 2.37. The van der Waals surface area contributed by atoms with Crippen LogP contribution in [0.15, 0.2) is 0 Å². The van der Waals surface area contributed by atoms with E-state index in [0.717, 1.165) is 6.42 Å². The summed E-state index contributed by atoms with van der Waals surface area (Å²) < 4.78 is 5.01. The van der Waals surface area contributed by atoms with Crippen LogP contribution in [0.25, 0.3) is 0 Å². The lowest BCUT2D eigenvalue weighted by Crippen LogP contribution is -2.29. The van der Waals surface area contributed by atoms with Gasteiger partial charge in [0.1, 0.15) is 0 Å². The van der Waals surface area contributed by atoms with Crippen molar-refractivity contribution in [3.05, 3.63) is 0 Å². The number of hydrogen-bond acceptors (Lipinski definition) is 3. The van der Waals surface area contributed by atoms with Crippen LogP contribution >= 0.6 is 0 Å². The summed E-state index contributed by atoms with van der Waals surface area (Å²) in [4.78, 5) is 24.0. The number of Topliss-reactive ketones (excluding diaryl/α,β-unsaturated/α-hetero) is 1. The van der Waals surface area contributed by atoms with Crippen LogP contribution in [0.3, 0.4) is 0 Å². The fraction of sp³-hybridized carbons (Fsp3) is 0.778. The Morgan fingerprint density at radius 3 is 2.38 bits per heavy atom. The molecular weight excluding hydrogens is 170 g/mol. The molecule has 0 spiro atoms. The van der Waals surface area contributed by atoms with Crippen molar-refractivity contribution in [1.82, 2.24) is 4.90 Å². The molecule has 0 aromatic rings. The third-order valence-electron chi connectivity index (χ3n) is 1.99. The van der Waals surface area contributed by atoms with E-state index in [-0.39, 0.29) is 11.7 Å². The number of hydrogen-bond donors (Lipinski definition) is 0. The van der Waals surface area contributed by atoms with Crippen LogP contribution in [0.1, 0.15) is 19.8 Å². The van der Waals surface area contributed by atoms with Gasteiger partial charge in [-0.05, 0) is 6.42 Å². The number of carbonyl (C=O) groups is 2. The molecule has 0 bridgehead atoms. The summed E-state index contributed by atoms with van der Waals surface area (Å²) in [6, 6.07) is 0. The molecule has 0 saturated carbocycles. The summed E-state index contributed by atoms with van der Waals surface area (Å²) in [5, 5.41) is 0. The van der Waals surface area contributed by atoms with Gasteiger partial charge in [0.2, 0.25) is 0 Å². The molecular formula is C9H15NO3. The Morgan fingerprint density at radius 1 is 1.31 bits per heavy atom. The zero-order valence-electron chi connectivity index (χ0n) is 8.24. The van der Waals surface area contributed by atoms with Crippen molar-refractivity contribution in [2.45, 2.75) is 32.0 Å². The zero-order valence-corrected chi connectivity index (χ0v) is 8.24. The van der Waals surface area contributed by atoms with Crippen LogP contribution in [-0.4, -0.2) is 42.9 Å². The van der Waals surface area contributed by atoms with E-state index in [1.54, 1.807) is 14.1 Å². The molecule has 4 nitrogen and oxygen atoms in total. The van der Waals surface area contributed by atoms with Crippen molar-refractivity contribution in [1.29, 1.82) is 0 Å². The average Bonchev–Trinajstić information content (AvgIpc) is 2.82. The third kappa shape index (κ3) is 2.28. The Morgan fingerprint density at radius 2 is 1.92 bits per heavy atom. The zero-order chi connectivity index (χ0) is 10.0. The largest absolute Gasteiger partial charge is 0.351 e. The SMILES string of the molecule is CCCC(=O)C1OC1C(=O)N(C)C. The lowest BCUT2D eigenvalue weighted by atomic mass is 10.1. The van der Waals surface area contributed by atoms with Crippen LogP contribution in [0.2, 0.25) is 0 Å². The van der Waals surface area contributed by atoms with Crippen molar-refractivity contribution in [2.75, 3.05) is 14.1 Å². The van der Waals surface area contributed by atoms with Crippen LogP contribution in [0, 0.1) is 0 Å². The number of carbonyl (C=O) groups excluding carboxylic acids is 2. The second kappa shape index (κ2) is 3.87. The normalized spacial score (nSPS) is 25.5. The maximum absolute atomic E-state index is 11.3. The minimum absolute atomic E-state index is 0.0442. The number of likely N-dealkylation sites (N-methyl/N-ethyl adjacent to an activating group) is 1. The van der Waals surface area contributed by atoms with E-state index in [2.05, 4.69) is 0 Å². The van der Waals surface area contributed by atoms with Crippen molar-refractivity contribution in [2.24, 2.45) is 0 Å². The van der Waals surface area contributed by atoms with E-state index in [1.165, 1.54) is 4.90 Å². The molecule has 1 heterocycles. The molecule has 0 aromatic carbocycles. The molecule has 0 radical (unpaired) electrons. The average molecular weight is 185 g/mol. The Labute approximate surface area is 77.8 Å². The van der Waals surface area contributed by atoms with Gasteiger partial charge >= 0.3 is 0 Å². The molecule has 2 atom stereocenters. The lowest BCUT2D eigenvalue weighted by Gasteiger charge is -2.06. The number of ether oxygens (including phenoxy) is 1. The molecule has 4 heteroatoms. The van der Waals surface area contributed by atoms with Crippen molar-refractivity contribution in [3.63, 3.8) is 0 Å². The monoisotopic (exact) mass is 185 g/mol. The van der Waals surface area contributed by atoms with Crippen LogP contribution in [-0.2, 0) is 14.3 Å². The summed E-state index contributed by atoms with van der Waals surface area (Å²) in [7, 11) is 3.32. The predicted molar refractivity (Wildman–Crippen MR) is 47.3 cm³/mol. The molecule has 74 valence electrons. The molecule has 0 aromatic heterocycles. The minimum Gasteiger partial charge on any atom is -0.351 e. The summed E-state index contributed by atoms with van der Waals surface area (Å²) >= 11 is 0. The van der Waals surface area contributed by atoms with Crippen molar-refractivity contribution in [3.8, 4) is 0 Å². The number of nitrogens with zero attached hydrogens (tertiary/aromatic N) is 1. The minimum atomic E-state index is -0.506. The molecule has 1 aliphatic heterocycles. The maximum Gasteiger partial charge on any atom is 0.254 e. The quantitative estimate of drug-likeness (QED) is 0.588. The number of epoxide rings is 1. The predicted octanol–water partition coefficient (Wildman–Crippen LogP) is 0.211. The molecule has 1 fully saturated rings. The first-order valence-corrected chi connectivity index (χ1v) is 4.47. The first kappa shape index (κ1) is 10.2. The third-order valence-corrected chi connectivity index (χ3v) is 1.99. The van der Waals surface area contributed by atoms with Gasteiger partial charge in [-0.3, -0.25) is 9.59 Å². The van der Waals surface area contributed by atoms with Gasteiger partial charge in [-0.1, -0.05) is 6.92 Å². The molecule has 0 N–H and O–H groups in total. The first-order chi connectivity index (χ1) is 6.07. The molecule has 0 aliphatic carbocycles. The fourth-order valence-corrected chi connectivity index (χ4v) is 1.19. The highest BCUT2D eigenvalue weighted by Crippen LogP contribution is 2.25. The van der Waals surface area contributed by atoms with Gasteiger partial charge < -0.3 is 9.64 Å². The van der Waals surface area contributed by atoms with E-state index in [9.17, 15) is 9.59 Å². The molecule has 1 amide bonds. The topological polar surface area (TPSA) is 49.9 Å². The van der Waals surface area contributed by atoms with Gasteiger partial charge in [0.25, 0.3) is 5.91 Å². The van der Waals surface area contributed by atoms with Gasteiger partial charge in [0.05, 0.1) is 0 Å². The van der Waals surface area contributed by atoms with E-state index in [0.29, 0.717) is 6.42 Å². The number of ketones is 1. The van der Waals surface area contributed by atoms with E-state index < -0.39 is 12.2 Å². The van der Waals surface area contributed by atoms with E-state index >= 15 is 0 Å². The maximum atomic E-state index is 11.3. The molecule has 2 unspecified atom stereocenters.